The summed E-state index contributed by atoms with van der Waals surface area (Å²) in [6.45, 7) is 4.58. The molecule has 0 saturated heterocycles. The number of ether oxygens (including phenoxy) is 1. The summed E-state index contributed by atoms with van der Waals surface area (Å²) >= 11 is 0. The summed E-state index contributed by atoms with van der Waals surface area (Å²) in [5, 5.41) is 0. The summed E-state index contributed by atoms with van der Waals surface area (Å²) < 4.78 is 18.7. The Bertz CT molecular complexity index is 311. The number of rotatable bonds is 6. The van der Waals surface area contributed by atoms with Gasteiger partial charge >= 0.3 is 0 Å². The van der Waals surface area contributed by atoms with Crippen molar-refractivity contribution in [2.24, 2.45) is 0 Å². The molecule has 0 spiro atoms. The van der Waals surface area contributed by atoms with Crippen LogP contribution in [0.25, 0.3) is 0 Å². The van der Waals surface area contributed by atoms with E-state index in [1.165, 1.54) is 6.07 Å². The molecule has 0 radical (unpaired) electrons. The largest absolute Gasteiger partial charge is 0.398 e. The number of halogens is 1. The highest BCUT2D eigenvalue weighted by Crippen LogP contribution is 2.16. The molecule has 0 aromatic heterocycles. The molecule has 16 heavy (non-hydrogen) atoms. The first-order valence-electron chi connectivity index (χ1n) is 5.44. The molecule has 0 aliphatic carbocycles. The standard InChI is InChI=1S/C12H19FN2O/c1-3-16-8-7-15(2)9-10-11(13)5-4-6-12(10)14/h4-6H,3,7-9,14H2,1-2H3. The van der Waals surface area contributed by atoms with Crippen molar-refractivity contribution in [1.29, 1.82) is 0 Å². The molecular weight excluding hydrogens is 207 g/mol. The summed E-state index contributed by atoms with van der Waals surface area (Å²) in [6, 6.07) is 4.77. The Kier molecular flexibility index (Phi) is 5.22. The lowest BCUT2D eigenvalue weighted by atomic mass is 10.1. The molecule has 1 aromatic carbocycles. The quantitative estimate of drug-likeness (QED) is 0.594. The van der Waals surface area contributed by atoms with Gasteiger partial charge in [-0.3, -0.25) is 4.90 Å². The third kappa shape index (κ3) is 3.79. The van der Waals surface area contributed by atoms with Crippen LogP contribution >= 0.6 is 0 Å². The molecular formula is C12H19FN2O. The molecule has 3 nitrogen and oxygen atoms in total. The van der Waals surface area contributed by atoms with Crippen molar-refractivity contribution in [3.8, 4) is 0 Å². The highest BCUT2D eigenvalue weighted by atomic mass is 19.1. The van der Waals surface area contributed by atoms with Crippen LogP contribution in [0.3, 0.4) is 0 Å². The second-order valence-electron chi connectivity index (χ2n) is 3.74. The van der Waals surface area contributed by atoms with Crippen molar-refractivity contribution in [3.63, 3.8) is 0 Å². The SMILES string of the molecule is CCOCCN(C)Cc1c(N)cccc1F. The van der Waals surface area contributed by atoms with Crippen LogP contribution in [0.4, 0.5) is 10.1 Å². The Labute approximate surface area is 96.0 Å². The second-order valence-corrected chi connectivity index (χ2v) is 3.74. The minimum atomic E-state index is -0.247. The summed E-state index contributed by atoms with van der Waals surface area (Å²) in [6.07, 6.45) is 0. The van der Waals surface area contributed by atoms with Crippen LogP contribution in [0.15, 0.2) is 18.2 Å². The molecule has 2 N–H and O–H groups in total. The number of benzene rings is 1. The van der Waals surface area contributed by atoms with Gasteiger partial charge < -0.3 is 10.5 Å². The van der Waals surface area contributed by atoms with E-state index in [0.717, 1.165) is 6.54 Å². The average Bonchev–Trinajstić information content (AvgIpc) is 2.24. The van der Waals surface area contributed by atoms with Crippen LogP contribution in [0.2, 0.25) is 0 Å². The smallest absolute Gasteiger partial charge is 0.129 e. The Morgan fingerprint density at radius 3 is 2.81 bits per heavy atom. The Hall–Kier alpha value is -1.13. The van der Waals surface area contributed by atoms with Gasteiger partial charge in [0.15, 0.2) is 0 Å². The summed E-state index contributed by atoms with van der Waals surface area (Å²) in [5.41, 5.74) is 6.79. The van der Waals surface area contributed by atoms with Crippen molar-refractivity contribution >= 4 is 5.69 Å². The first kappa shape index (κ1) is 12.9. The van der Waals surface area contributed by atoms with E-state index in [2.05, 4.69) is 0 Å². The van der Waals surface area contributed by atoms with E-state index in [1.807, 2.05) is 18.9 Å². The van der Waals surface area contributed by atoms with Gasteiger partial charge in [0, 0.05) is 30.9 Å². The van der Waals surface area contributed by atoms with Crippen molar-refractivity contribution in [2.75, 3.05) is 32.5 Å². The van der Waals surface area contributed by atoms with Gasteiger partial charge in [-0.05, 0) is 26.1 Å². The first-order chi connectivity index (χ1) is 7.65. The minimum Gasteiger partial charge on any atom is -0.398 e. The third-order valence-corrected chi connectivity index (χ3v) is 2.40. The van der Waals surface area contributed by atoms with Gasteiger partial charge in [0.2, 0.25) is 0 Å². The minimum absolute atomic E-state index is 0.247. The van der Waals surface area contributed by atoms with Crippen LogP contribution in [0, 0.1) is 5.82 Å². The lowest BCUT2D eigenvalue weighted by Crippen LogP contribution is -2.23. The van der Waals surface area contributed by atoms with Crippen LogP contribution < -0.4 is 5.73 Å². The molecule has 0 heterocycles. The van der Waals surface area contributed by atoms with E-state index in [9.17, 15) is 4.39 Å². The Morgan fingerprint density at radius 1 is 1.44 bits per heavy atom. The molecule has 4 heteroatoms. The average molecular weight is 226 g/mol. The maximum atomic E-state index is 13.5. The van der Waals surface area contributed by atoms with E-state index in [1.54, 1.807) is 12.1 Å². The molecule has 0 atom stereocenters. The fraction of sp³-hybridized carbons (Fsp3) is 0.500. The molecule has 1 aromatic rings. The van der Waals surface area contributed by atoms with Crippen molar-refractivity contribution in [3.05, 3.63) is 29.6 Å². The number of nitrogens with zero attached hydrogens (tertiary/aromatic N) is 1. The van der Waals surface area contributed by atoms with Gasteiger partial charge in [-0.2, -0.15) is 0 Å². The Balaban J connectivity index is 2.52. The zero-order valence-corrected chi connectivity index (χ0v) is 9.87. The van der Waals surface area contributed by atoms with Crippen molar-refractivity contribution in [1.82, 2.24) is 4.90 Å². The molecule has 0 amide bonds. The highest BCUT2D eigenvalue weighted by molar-refractivity contribution is 5.47. The van der Waals surface area contributed by atoms with Gasteiger partial charge in [-0.15, -0.1) is 0 Å². The molecule has 0 aliphatic rings. The number of nitrogens with two attached hydrogens (primary N) is 1. The molecule has 0 unspecified atom stereocenters. The molecule has 0 bridgehead atoms. The fourth-order valence-electron chi connectivity index (χ4n) is 1.46. The lowest BCUT2D eigenvalue weighted by Gasteiger charge is -2.18. The summed E-state index contributed by atoms with van der Waals surface area (Å²) in [4.78, 5) is 1.99. The van der Waals surface area contributed by atoms with Gasteiger partial charge in [-0.25, -0.2) is 4.39 Å². The number of nitrogen functional groups attached to an aromatic ring is 1. The van der Waals surface area contributed by atoms with Crippen LogP contribution in [0.5, 0.6) is 0 Å². The zero-order valence-electron chi connectivity index (χ0n) is 9.87. The van der Waals surface area contributed by atoms with Crippen molar-refractivity contribution < 1.29 is 9.13 Å². The first-order valence-corrected chi connectivity index (χ1v) is 5.44. The van der Waals surface area contributed by atoms with E-state index in [4.69, 9.17) is 10.5 Å². The highest BCUT2D eigenvalue weighted by Gasteiger charge is 2.08. The molecule has 0 saturated carbocycles. The normalized spacial score (nSPS) is 11.0. The van der Waals surface area contributed by atoms with E-state index in [-0.39, 0.29) is 5.82 Å². The zero-order chi connectivity index (χ0) is 12.0. The fourth-order valence-corrected chi connectivity index (χ4v) is 1.46. The van der Waals surface area contributed by atoms with Gasteiger partial charge in [0.1, 0.15) is 5.82 Å². The summed E-state index contributed by atoms with van der Waals surface area (Å²) in [5.74, 6) is -0.247. The number of hydrogen-bond donors (Lipinski definition) is 1. The van der Waals surface area contributed by atoms with E-state index < -0.39 is 0 Å². The van der Waals surface area contributed by atoms with Gasteiger partial charge in [-0.1, -0.05) is 6.07 Å². The summed E-state index contributed by atoms with van der Waals surface area (Å²) in [7, 11) is 1.92. The van der Waals surface area contributed by atoms with Crippen LogP contribution in [0.1, 0.15) is 12.5 Å². The number of anilines is 1. The molecule has 1 rings (SSSR count). The predicted octanol–water partition coefficient (Wildman–Crippen LogP) is 1.88. The maximum absolute atomic E-state index is 13.5. The number of likely N-dealkylation sites (N-methyl/N-ethyl adjacent to an activating group) is 1. The predicted molar refractivity (Wildman–Crippen MR) is 63.6 cm³/mol. The second kappa shape index (κ2) is 6.45. The monoisotopic (exact) mass is 226 g/mol. The number of hydrogen-bond acceptors (Lipinski definition) is 3. The van der Waals surface area contributed by atoms with E-state index >= 15 is 0 Å². The lowest BCUT2D eigenvalue weighted by molar-refractivity contribution is 0.120. The Morgan fingerprint density at radius 2 is 2.19 bits per heavy atom. The molecule has 0 fully saturated rings. The van der Waals surface area contributed by atoms with Crippen LogP contribution in [-0.4, -0.2) is 31.7 Å². The third-order valence-electron chi connectivity index (χ3n) is 2.40. The van der Waals surface area contributed by atoms with Crippen molar-refractivity contribution in [2.45, 2.75) is 13.5 Å². The topological polar surface area (TPSA) is 38.5 Å². The van der Waals surface area contributed by atoms with Gasteiger partial charge in [0.05, 0.1) is 6.61 Å². The maximum Gasteiger partial charge on any atom is 0.129 e. The van der Waals surface area contributed by atoms with Gasteiger partial charge in [0.25, 0.3) is 0 Å². The van der Waals surface area contributed by atoms with E-state index in [0.29, 0.717) is 31.0 Å². The van der Waals surface area contributed by atoms with Crippen LogP contribution in [-0.2, 0) is 11.3 Å². The molecule has 90 valence electrons. The molecule has 0 aliphatic heterocycles.